The van der Waals surface area contributed by atoms with Crippen LogP contribution in [0.1, 0.15) is 102 Å². The number of aromatic hydroxyl groups is 2. The van der Waals surface area contributed by atoms with E-state index in [2.05, 4.69) is 10.2 Å². The molecule has 5 N–H and O–H groups in total. The van der Waals surface area contributed by atoms with Crippen LogP contribution < -0.4 is 5.32 Å². The van der Waals surface area contributed by atoms with Crippen LogP contribution in [0.3, 0.4) is 0 Å². The fraction of sp³-hybridized carbons (Fsp3) is 0.537. The zero-order chi connectivity index (χ0) is 42.3. The lowest BCUT2D eigenvalue weighted by Crippen LogP contribution is -2.67. The van der Waals surface area contributed by atoms with Crippen molar-refractivity contribution in [2.75, 3.05) is 35.4 Å². The van der Waals surface area contributed by atoms with Crippen molar-refractivity contribution in [3.05, 3.63) is 68.4 Å². The van der Waals surface area contributed by atoms with Crippen molar-refractivity contribution in [1.82, 2.24) is 10.2 Å². The van der Waals surface area contributed by atoms with E-state index in [1.807, 2.05) is 21.0 Å². The number of ether oxygens (including phenoxy) is 6. The molecule has 0 amide bonds. The lowest BCUT2D eigenvalue weighted by molar-refractivity contribution is -0.296. The Morgan fingerprint density at radius 2 is 1.64 bits per heavy atom. The maximum Gasteiger partial charge on any atom is 0.341 e. The molecule has 10 atom stereocenters. The highest BCUT2D eigenvalue weighted by Gasteiger charge is 2.69. The molecule has 0 unspecified atom stereocenters. The van der Waals surface area contributed by atoms with Gasteiger partial charge in [0.25, 0.3) is 0 Å². The molecular weight excluding hydrogens is 760 g/mol. The number of likely N-dealkylation sites (N-methyl/N-ethyl adjacent to an activating group) is 1. The van der Waals surface area contributed by atoms with E-state index >= 15 is 0 Å². The van der Waals surface area contributed by atoms with Gasteiger partial charge >= 0.3 is 5.97 Å². The van der Waals surface area contributed by atoms with Gasteiger partial charge in [0.15, 0.2) is 29.5 Å². The van der Waals surface area contributed by atoms with Gasteiger partial charge in [-0.2, -0.15) is 0 Å². The smallest absolute Gasteiger partial charge is 0.341 e. The topological polar surface area (TPSA) is 237 Å². The average molecular weight is 809 g/mol. The molecule has 2 aromatic carbocycles. The van der Waals surface area contributed by atoms with Crippen molar-refractivity contribution in [2.45, 2.75) is 107 Å². The molecule has 17 nitrogen and oxygen atoms in total. The third kappa shape index (κ3) is 5.93. The van der Waals surface area contributed by atoms with Gasteiger partial charge in [0.05, 0.1) is 36.1 Å². The predicted molar refractivity (Wildman–Crippen MR) is 200 cm³/mol. The second kappa shape index (κ2) is 14.9. The molecule has 58 heavy (non-hydrogen) atoms. The number of phenols is 2. The number of benzene rings is 2. The van der Waals surface area contributed by atoms with Crippen LogP contribution in [0.15, 0.2) is 23.9 Å². The van der Waals surface area contributed by atoms with Gasteiger partial charge in [-0.25, -0.2) is 4.79 Å². The highest BCUT2D eigenvalue weighted by Crippen LogP contribution is 2.56. The lowest BCUT2D eigenvalue weighted by Gasteiger charge is -2.50. The van der Waals surface area contributed by atoms with E-state index in [9.17, 15) is 44.4 Å². The minimum absolute atomic E-state index is 0.00672. The van der Waals surface area contributed by atoms with Gasteiger partial charge < -0.3 is 59.1 Å². The van der Waals surface area contributed by atoms with Gasteiger partial charge in [0.1, 0.15) is 35.4 Å². The van der Waals surface area contributed by atoms with Crippen LogP contribution >= 0.6 is 0 Å². The Balaban J connectivity index is 1.21. The SMILES string of the molecule is COC(=O)c1c(C)cc2c(c1O)[C@@]1(O)C(=O)c3cc4c(c(O)c3C(=O)[C@@]1(OC)CC2)C(=O)C=C(N[C@H]1O[C@@H](C)[C@H](O[C@@H]2CC[C@H](N(C)C)[C@H](C)O2)[C@H](O)[C@H]1OC)C4=O. The molecule has 5 aliphatic rings. The van der Waals surface area contributed by atoms with Crippen LogP contribution in [0.5, 0.6) is 11.5 Å². The fourth-order valence-corrected chi connectivity index (χ4v) is 9.51. The van der Waals surface area contributed by atoms with Crippen LogP contribution in [-0.2, 0) is 40.4 Å². The van der Waals surface area contributed by atoms with Crippen molar-refractivity contribution in [1.29, 1.82) is 0 Å². The third-order valence-corrected chi connectivity index (χ3v) is 12.4. The summed E-state index contributed by atoms with van der Waals surface area (Å²) in [5.41, 5.74) is -8.38. The summed E-state index contributed by atoms with van der Waals surface area (Å²) in [7, 11) is 7.43. The molecule has 2 heterocycles. The number of methoxy groups -OCH3 is 3. The molecule has 7 rings (SSSR count). The van der Waals surface area contributed by atoms with Gasteiger partial charge in [-0.15, -0.1) is 0 Å². The Morgan fingerprint density at radius 1 is 0.931 bits per heavy atom. The molecule has 2 saturated heterocycles. The number of ketones is 4. The number of phenolic OH excluding ortho intramolecular Hbond substituents is 2. The molecule has 0 saturated carbocycles. The first kappa shape index (κ1) is 41.6. The Hall–Kier alpha value is -4.59. The van der Waals surface area contributed by atoms with Crippen molar-refractivity contribution in [2.24, 2.45) is 0 Å². The number of nitrogens with zero attached hydrogens (tertiary/aromatic N) is 1. The molecule has 2 aliphatic heterocycles. The summed E-state index contributed by atoms with van der Waals surface area (Å²) in [5, 5.41) is 50.0. The summed E-state index contributed by atoms with van der Waals surface area (Å²) < 4.78 is 34.5. The van der Waals surface area contributed by atoms with Crippen molar-refractivity contribution in [3.8, 4) is 11.5 Å². The second-order valence-corrected chi connectivity index (χ2v) is 15.7. The molecule has 312 valence electrons. The number of carbonyl (C=O) groups excluding carboxylic acids is 5. The maximum absolute atomic E-state index is 14.7. The van der Waals surface area contributed by atoms with E-state index in [0.717, 1.165) is 32.8 Å². The van der Waals surface area contributed by atoms with E-state index in [0.29, 0.717) is 6.42 Å². The maximum atomic E-state index is 14.7. The van der Waals surface area contributed by atoms with Gasteiger partial charge in [0, 0.05) is 43.0 Å². The van der Waals surface area contributed by atoms with Crippen molar-refractivity contribution < 1.29 is 72.8 Å². The van der Waals surface area contributed by atoms with Gasteiger partial charge in [-0.05, 0) is 77.7 Å². The minimum atomic E-state index is -2.97. The van der Waals surface area contributed by atoms with E-state index < -0.39 is 117 Å². The molecule has 3 aliphatic carbocycles. The van der Waals surface area contributed by atoms with E-state index in [4.69, 9.17) is 28.4 Å². The van der Waals surface area contributed by atoms with Gasteiger partial charge in [0.2, 0.25) is 17.3 Å². The van der Waals surface area contributed by atoms with Crippen LogP contribution in [0.25, 0.3) is 0 Å². The quantitative estimate of drug-likeness (QED) is 0.238. The number of aliphatic hydroxyl groups excluding tert-OH is 1. The molecule has 2 aromatic rings. The number of Topliss-reactive ketones (excluding diaryl/α,β-unsaturated/α-hetero) is 3. The molecule has 0 radical (unpaired) electrons. The lowest BCUT2D eigenvalue weighted by atomic mass is 9.57. The normalized spacial score (nSPS) is 33.2. The number of esters is 1. The Kier molecular flexibility index (Phi) is 10.7. The second-order valence-electron chi connectivity index (χ2n) is 15.7. The molecular formula is C41H48N2O15. The number of aliphatic hydroxyl groups is 2. The highest BCUT2D eigenvalue weighted by molar-refractivity contribution is 6.30. The number of aryl methyl sites for hydroxylation is 2. The monoisotopic (exact) mass is 808 g/mol. The van der Waals surface area contributed by atoms with Crippen molar-refractivity contribution >= 4 is 29.1 Å². The van der Waals surface area contributed by atoms with Crippen LogP contribution in [0.4, 0.5) is 0 Å². The van der Waals surface area contributed by atoms with E-state index in [1.54, 1.807) is 6.92 Å². The molecule has 0 aromatic heterocycles. The van der Waals surface area contributed by atoms with E-state index in [1.165, 1.54) is 20.1 Å². The summed E-state index contributed by atoms with van der Waals surface area (Å²) >= 11 is 0. The molecule has 17 heteroatoms. The summed E-state index contributed by atoms with van der Waals surface area (Å²) in [6.45, 7) is 5.14. The highest BCUT2D eigenvalue weighted by atomic mass is 16.7. The first-order valence-electron chi connectivity index (χ1n) is 19.0. The van der Waals surface area contributed by atoms with E-state index in [-0.39, 0.29) is 47.4 Å². The Labute approximate surface area is 333 Å². The standard InChI is InChI=1S/C41H48N2O15/c1-16-13-19-11-12-40(55-8)37(50)28-21(36(49)41(40,52)29(19)32(47)26(16)39(51)54-7)14-20-27(31(28)46)24(44)15-22(30(20)45)42-38-35(53-6)33(48)34(18(3)57-38)58-25-10-9-23(43(4)5)17(2)56-25/h13-15,17-18,23,25,33-35,38,42,46-48,52H,9-12H2,1-8H3/t17-,18-,23-,25+,33-,34-,35+,38-,40-,41+/m0/s1. The Morgan fingerprint density at radius 3 is 2.26 bits per heavy atom. The number of nitrogens with one attached hydrogen (secondary N) is 1. The summed E-state index contributed by atoms with van der Waals surface area (Å²) in [4.78, 5) is 72.0. The summed E-state index contributed by atoms with van der Waals surface area (Å²) in [6, 6.07) is 2.61. The molecule has 2 fully saturated rings. The first-order valence-corrected chi connectivity index (χ1v) is 19.0. The predicted octanol–water partition coefficient (Wildman–Crippen LogP) is 1.60. The first-order chi connectivity index (χ1) is 27.4. The zero-order valence-corrected chi connectivity index (χ0v) is 33.4. The molecule has 0 spiro atoms. The number of rotatable bonds is 8. The minimum Gasteiger partial charge on any atom is -0.507 e. The van der Waals surface area contributed by atoms with Crippen LogP contribution in [0, 0.1) is 6.92 Å². The van der Waals surface area contributed by atoms with Crippen LogP contribution in [-0.4, -0.2) is 145 Å². The zero-order valence-electron chi connectivity index (χ0n) is 33.4. The third-order valence-electron chi connectivity index (χ3n) is 12.4. The van der Waals surface area contributed by atoms with Crippen molar-refractivity contribution in [3.63, 3.8) is 0 Å². The average Bonchev–Trinajstić information content (AvgIpc) is 3.17. The fourth-order valence-electron chi connectivity index (χ4n) is 9.51. The van der Waals surface area contributed by atoms with Gasteiger partial charge in [-0.1, -0.05) is 6.07 Å². The number of hydrogen-bond donors (Lipinski definition) is 5. The number of carbonyl (C=O) groups is 5. The Bertz CT molecular complexity index is 2150. The largest absolute Gasteiger partial charge is 0.507 e. The summed E-state index contributed by atoms with van der Waals surface area (Å²) in [5.74, 6) is -6.89. The van der Waals surface area contributed by atoms with Crippen LogP contribution in [0.2, 0.25) is 0 Å². The van der Waals surface area contributed by atoms with Gasteiger partial charge in [-0.3, -0.25) is 19.2 Å². The number of hydrogen-bond acceptors (Lipinski definition) is 17. The number of allylic oxidation sites excluding steroid dienone is 2. The number of fused-ring (bicyclic) bond motifs is 5. The summed E-state index contributed by atoms with van der Waals surface area (Å²) in [6.07, 6.45) is -4.11. The molecule has 0 bridgehead atoms.